The van der Waals surface area contributed by atoms with E-state index >= 15 is 0 Å². The normalized spacial score (nSPS) is 14.2. The van der Waals surface area contributed by atoms with Crippen molar-refractivity contribution in [2.24, 2.45) is 4.40 Å². The molecule has 1 aromatic heterocycles. The van der Waals surface area contributed by atoms with Gasteiger partial charge < -0.3 is 0 Å². The Hall–Kier alpha value is -0.880. The lowest BCUT2D eigenvalue weighted by molar-refractivity contribution is 0.479. The Morgan fingerprint density at radius 2 is 2.06 bits per heavy atom. The van der Waals surface area contributed by atoms with E-state index in [0.29, 0.717) is 0 Å². The summed E-state index contributed by atoms with van der Waals surface area (Å²) in [5.41, 5.74) is 0.0863. The van der Waals surface area contributed by atoms with Crippen molar-refractivity contribution >= 4 is 28.8 Å². The lowest BCUT2D eigenvalue weighted by Crippen LogP contribution is -2.19. The summed E-state index contributed by atoms with van der Waals surface area (Å²) in [6.45, 7) is 5.22. The molecule has 94 valence electrons. The molecule has 0 bridgehead atoms. The Balaban J connectivity index is 3.02. The lowest BCUT2D eigenvalue weighted by atomic mass is 10.3. The molecule has 0 spiro atoms. The van der Waals surface area contributed by atoms with Crippen LogP contribution in [0.5, 0.6) is 0 Å². The van der Waals surface area contributed by atoms with Crippen LogP contribution in [-0.4, -0.2) is 20.2 Å². The van der Waals surface area contributed by atoms with Gasteiger partial charge in [0.15, 0.2) is 5.82 Å². The molecule has 0 fully saturated rings. The van der Waals surface area contributed by atoms with E-state index in [-0.39, 0.29) is 5.56 Å². The molecule has 17 heavy (non-hydrogen) atoms. The fourth-order valence-electron chi connectivity index (χ4n) is 0.810. The predicted octanol–water partition coefficient (Wildman–Crippen LogP) is 2.89. The van der Waals surface area contributed by atoms with Crippen LogP contribution in [0, 0.1) is 11.8 Å². The number of aromatic nitrogens is 1. The monoisotopic (exact) mass is 280 g/mol. The molecule has 1 atom stereocenters. The van der Waals surface area contributed by atoms with Crippen molar-refractivity contribution in [3.8, 4) is 0 Å². The van der Waals surface area contributed by atoms with Gasteiger partial charge in [-0.1, -0.05) is 11.6 Å². The van der Waals surface area contributed by atoms with Gasteiger partial charge in [0.1, 0.15) is 11.0 Å². The van der Waals surface area contributed by atoms with Crippen molar-refractivity contribution in [1.82, 2.24) is 4.98 Å². The summed E-state index contributed by atoms with van der Waals surface area (Å²) in [7, 11) is -1.49. The molecule has 0 aliphatic rings. The number of halogens is 3. The Morgan fingerprint density at radius 1 is 1.47 bits per heavy atom. The zero-order valence-corrected chi connectivity index (χ0v) is 11.1. The molecule has 1 aromatic rings. The summed E-state index contributed by atoms with van der Waals surface area (Å²) in [5, 5.41) is -0.424. The second-order valence-corrected chi connectivity index (χ2v) is 6.54. The molecule has 0 saturated carbocycles. The Bertz CT molecular complexity index is 486. The van der Waals surface area contributed by atoms with Crippen LogP contribution in [0.4, 0.5) is 8.78 Å². The Labute approximate surface area is 106 Å². The maximum atomic E-state index is 13.0. The highest BCUT2D eigenvalue weighted by Gasteiger charge is 2.18. The third kappa shape index (κ3) is 3.54. The van der Waals surface area contributed by atoms with E-state index in [9.17, 15) is 13.0 Å². The fraction of sp³-hybridized carbons (Fsp3) is 0.400. The minimum atomic E-state index is -1.49. The molecule has 0 aliphatic carbocycles. The molecule has 0 radical (unpaired) electrons. The van der Waals surface area contributed by atoms with Crippen LogP contribution in [0.15, 0.2) is 10.6 Å². The third-order valence-corrected chi connectivity index (χ3v) is 3.48. The molecule has 7 heteroatoms. The lowest BCUT2D eigenvalue weighted by Gasteiger charge is -2.12. The van der Waals surface area contributed by atoms with Crippen LogP contribution in [-0.2, 0) is 11.0 Å². The van der Waals surface area contributed by atoms with Crippen LogP contribution >= 0.6 is 11.6 Å². The van der Waals surface area contributed by atoms with Crippen LogP contribution in [0.1, 0.15) is 26.3 Å². The van der Waals surface area contributed by atoms with E-state index in [1.165, 1.54) is 0 Å². The van der Waals surface area contributed by atoms with Crippen molar-refractivity contribution in [1.29, 1.82) is 0 Å². The summed E-state index contributed by atoms with van der Waals surface area (Å²) >= 11 is 5.55. The van der Waals surface area contributed by atoms with E-state index < -0.39 is 32.5 Å². The largest absolute Gasteiger partial charge is 0.250 e. The minimum Gasteiger partial charge on any atom is -0.234 e. The summed E-state index contributed by atoms with van der Waals surface area (Å²) < 4.78 is 40.5. The van der Waals surface area contributed by atoms with Crippen molar-refractivity contribution in [3.63, 3.8) is 0 Å². The first-order valence-corrected chi connectivity index (χ1v) is 6.17. The summed E-state index contributed by atoms with van der Waals surface area (Å²) in [5.74, 6) is -2.51. The van der Waals surface area contributed by atoms with E-state index in [0.717, 1.165) is 12.4 Å². The molecule has 1 unspecified atom stereocenters. The van der Waals surface area contributed by atoms with Crippen LogP contribution in [0.3, 0.4) is 0 Å². The van der Waals surface area contributed by atoms with Crippen molar-refractivity contribution in [3.05, 3.63) is 28.5 Å². The first kappa shape index (κ1) is 14.2. The van der Waals surface area contributed by atoms with Gasteiger partial charge in [0.25, 0.3) is 0 Å². The SMILES string of the molecule is CC(C)(C)S(=O)N=Cc1cnc(F)c(F)c1Cl. The molecule has 0 N–H and O–H groups in total. The molecular formula is C10H11ClF2N2OS. The number of hydrogen-bond donors (Lipinski definition) is 0. The van der Waals surface area contributed by atoms with Crippen LogP contribution < -0.4 is 0 Å². The highest BCUT2D eigenvalue weighted by molar-refractivity contribution is 7.85. The second kappa shape index (κ2) is 5.18. The van der Waals surface area contributed by atoms with Gasteiger partial charge in [-0.05, 0) is 20.8 Å². The van der Waals surface area contributed by atoms with E-state index in [4.69, 9.17) is 11.6 Å². The van der Waals surface area contributed by atoms with Gasteiger partial charge in [-0.3, -0.25) is 0 Å². The molecule has 1 rings (SSSR count). The zero-order valence-electron chi connectivity index (χ0n) is 9.50. The average molecular weight is 281 g/mol. The topological polar surface area (TPSA) is 42.3 Å². The van der Waals surface area contributed by atoms with Crippen molar-refractivity contribution < 1.29 is 13.0 Å². The van der Waals surface area contributed by atoms with E-state index in [1.54, 1.807) is 20.8 Å². The number of pyridine rings is 1. The summed E-state index contributed by atoms with van der Waals surface area (Å²) in [6, 6.07) is 0. The van der Waals surface area contributed by atoms with E-state index in [1.807, 2.05) is 0 Å². The highest BCUT2D eigenvalue weighted by atomic mass is 35.5. The first-order valence-electron chi connectivity index (χ1n) is 4.69. The molecule has 3 nitrogen and oxygen atoms in total. The van der Waals surface area contributed by atoms with Gasteiger partial charge in [0.05, 0.1) is 9.77 Å². The Morgan fingerprint density at radius 3 is 2.59 bits per heavy atom. The van der Waals surface area contributed by atoms with Gasteiger partial charge in [0.2, 0.25) is 5.95 Å². The standard InChI is InChI=1S/C10H11ClF2N2OS/c1-10(2,3)17(16)15-5-6-4-14-9(13)8(12)7(6)11/h4-5H,1-3H3. The number of rotatable bonds is 2. The second-order valence-electron chi connectivity index (χ2n) is 4.23. The summed E-state index contributed by atoms with van der Waals surface area (Å²) in [4.78, 5) is 3.16. The number of nitrogens with zero attached hydrogens (tertiary/aromatic N) is 2. The maximum absolute atomic E-state index is 13.0. The highest BCUT2D eigenvalue weighted by Crippen LogP contribution is 2.20. The summed E-state index contributed by atoms with van der Waals surface area (Å²) in [6.07, 6.45) is 2.16. The van der Waals surface area contributed by atoms with Crippen molar-refractivity contribution in [2.75, 3.05) is 0 Å². The number of hydrogen-bond acceptors (Lipinski definition) is 2. The first-order chi connectivity index (χ1) is 7.73. The average Bonchev–Trinajstić information content (AvgIpc) is 2.23. The molecular weight excluding hydrogens is 270 g/mol. The van der Waals surface area contributed by atoms with Gasteiger partial charge >= 0.3 is 0 Å². The molecule has 1 heterocycles. The van der Waals surface area contributed by atoms with Gasteiger partial charge in [0, 0.05) is 18.0 Å². The van der Waals surface area contributed by atoms with Crippen LogP contribution in [0.2, 0.25) is 5.02 Å². The van der Waals surface area contributed by atoms with Crippen molar-refractivity contribution in [2.45, 2.75) is 25.5 Å². The maximum Gasteiger partial charge on any atom is 0.250 e. The Kier molecular flexibility index (Phi) is 4.32. The molecule has 0 aliphatic heterocycles. The molecule has 0 saturated heterocycles. The van der Waals surface area contributed by atoms with Gasteiger partial charge in [-0.2, -0.15) is 8.79 Å². The molecule has 0 amide bonds. The van der Waals surface area contributed by atoms with Gasteiger partial charge in [-0.15, -0.1) is 0 Å². The molecule has 0 aromatic carbocycles. The quantitative estimate of drug-likeness (QED) is 0.617. The predicted molar refractivity (Wildman–Crippen MR) is 64.7 cm³/mol. The third-order valence-electron chi connectivity index (χ3n) is 1.76. The van der Waals surface area contributed by atoms with Gasteiger partial charge in [-0.25, -0.2) is 13.6 Å². The smallest absolute Gasteiger partial charge is 0.234 e. The van der Waals surface area contributed by atoms with E-state index in [2.05, 4.69) is 9.38 Å². The fourth-order valence-corrected chi connectivity index (χ4v) is 1.51. The zero-order chi connectivity index (χ0) is 13.2. The van der Waals surface area contributed by atoms with Crippen LogP contribution in [0.25, 0.3) is 0 Å². The minimum absolute atomic E-state index is 0.0863.